The van der Waals surface area contributed by atoms with Crippen molar-refractivity contribution in [3.63, 3.8) is 0 Å². The van der Waals surface area contributed by atoms with Crippen molar-refractivity contribution >= 4 is 29.2 Å². The Kier molecular flexibility index (Phi) is 9.57. The summed E-state index contributed by atoms with van der Waals surface area (Å²) in [5.74, 6) is -3.79. The molecule has 2 N–H and O–H groups in total. The Balaban J connectivity index is 1.50. The number of aliphatic hydroxyl groups is 1. The number of ether oxygens (including phenoxy) is 3. The number of alkyl halides is 3. The van der Waals surface area contributed by atoms with Crippen molar-refractivity contribution < 1.29 is 46.5 Å². The highest BCUT2D eigenvalue weighted by atomic mass is 35.5. The van der Waals surface area contributed by atoms with Crippen LogP contribution >= 0.6 is 11.6 Å². The van der Waals surface area contributed by atoms with Crippen LogP contribution < -0.4 is 14.8 Å². The minimum atomic E-state index is -5.24. The van der Waals surface area contributed by atoms with Gasteiger partial charge in [0.15, 0.2) is 6.61 Å². The van der Waals surface area contributed by atoms with Crippen molar-refractivity contribution in [2.45, 2.75) is 37.8 Å². The third kappa shape index (κ3) is 8.76. The van der Waals surface area contributed by atoms with Crippen LogP contribution in [-0.2, 0) is 14.3 Å². The molecule has 0 saturated carbocycles. The number of carbonyl (C=O) groups is 2. The Morgan fingerprint density at radius 3 is 2.59 bits per heavy atom. The molecule has 1 aliphatic rings. The van der Waals surface area contributed by atoms with Crippen LogP contribution in [0, 0.1) is 5.82 Å². The number of hydrogen-bond donors (Lipinski definition) is 2. The van der Waals surface area contributed by atoms with Crippen LogP contribution in [0.3, 0.4) is 0 Å². The van der Waals surface area contributed by atoms with Gasteiger partial charge < -0.3 is 24.6 Å². The van der Waals surface area contributed by atoms with Crippen molar-refractivity contribution in [3.8, 4) is 11.5 Å². The molecule has 0 spiro atoms. The molecule has 3 atom stereocenters. The number of nitrogens with zero attached hydrogens (tertiary/aromatic N) is 1. The highest BCUT2D eigenvalue weighted by Crippen LogP contribution is 2.27. The molecule has 0 aromatic heterocycles. The van der Waals surface area contributed by atoms with Crippen molar-refractivity contribution in [1.82, 2.24) is 4.90 Å². The molecule has 1 fully saturated rings. The van der Waals surface area contributed by atoms with Crippen molar-refractivity contribution in [2.75, 3.05) is 31.6 Å². The van der Waals surface area contributed by atoms with E-state index in [1.807, 2.05) is 11.8 Å². The highest BCUT2D eigenvalue weighted by molar-refractivity contribution is 6.30. The second-order valence-electron chi connectivity index (χ2n) is 8.46. The molecule has 0 radical (unpaired) electrons. The first-order valence-corrected chi connectivity index (χ1v) is 11.6. The standard InChI is InChI=1S/C24H25ClF4N2O6/c1-14-8-19(37-18-5-2-15(25)3-6-18)11-31(14)10-17(32)12-35-21-9-16(26)4-7-20(21)30-22(33)13-36-23(34)24(27,28)29/h2-7,9,14,17,19,32H,8,10-13H2,1H3,(H,30,33)/t14?,17-,19?/m0/s1. The second-order valence-corrected chi connectivity index (χ2v) is 8.90. The molecule has 1 saturated heterocycles. The van der Waals surface area contributed by atoms with E-state index in [0.717, 1.165) is 24.6 Å². The monoisotopic (exact) mass is 548 g/mol. The van der Waals surface area contributed by atoms with E-state index in [1.165, 1.54) is 0 Å². The summed E-state index contributed by atoms with van der Waals surface area (Å²) in [4.78, 5) is 24.6. The molecule has 13 heteroatoms. The first-order chi connectivity index (χ1) is 17.4. The number of amides is 1. The summed E-state index contributed by atoms with van der Waals surface area (Å²) >= 11 is 5.89. The maximum atomic E-state index is 13.7. The Morgan fingerprint density at radius 2 is 1.92 bits per heavy atom. The first-order valence-electron chi connectivity index (χ1n) is 11.2. The Morgan fingerprint density at radius 1 is 1.22 bits per heavy atom. The Hall–Kier alpha value is -3.09. The van der Waals surface area contributed by atoms with Gasteiger partial charge in [0.1, 0.15) is 36.1 Å². The molecule has 202 valence electrons. The van der Waals surface area contributed by atoms with Gasteiger partial charge in [-0.15, -0.1) is 0 Å². The second kappa shape index (κ2) is 12.4. The maximum Gasteiger partial charge on any atom is 0.490 e. The van der Waals surface area contributed by atoms with E-state index in [-0.39, 0.29) is 36.7 Å². The van der Waals surface area contributed by atoms with E-state index < -0.39 is 36.6 Å². The van der Waals surface area contributed by atoms with E-state index in [9.17, 15) is 32.3 Å². The highest BCUT2D eigenvalue weighted by Gasteiger charge is 2.41. The van der Waals surface area contributed by atoms with Gasteiger partial charge in [0.2, 0.25) is 0 Å². The predicted molar refractivity (Wildman–Crippen MR) is 125 cm³/mol. The number of carbonyl (C=O) groups excluding carboxylic acids is 2. The van der Waals surface area contributed by atoms with Gasteiger partial charge in [0.25, 0.3) is 5.91 Å². The molecule has 2 aromatic carbocycles. The van der Waals surface area contributed by atoms with Crippen LogP contribution in [0.5, 0.6) is 11.5 Å². The van der Waals surface area contributed by atoms with Crippen molar-refractivity contribution in [2.24, 2.45) is 0 Å². The number of likely N-dealkylation sites (tertiary alicyclic amines) is 1. The number of benzene rings is 2. The van der Waals surface area contributed by atoms with Crippen LogP contribution in [0.15, 0.2) is 42.5 Å². The lowest BCUT2D eigenvalue weighted by molar-refractivity contribution is -0.199. The molecule has 37 heavy (non-hydrogen) atoms. The summed E-state index contributed by atoms with van der Waals surface area (Å²) in [5, 5.41) is 13.3. The largest absolute Gasteiger partial charge is 0.490 e. The van der Waals surface area contributed by atoms with Crippen molar-refractivity contribution in [3.05, 3.63) is 53.3 Å². The SMILES string of the molecule is CC1CC(Oc2ccc(Cl)cc2)CN1C[C@H](O)COc1cc(F)ccc1NC(=O)COC(=O)C(F)(F)F. The molecule has 8 nitrogen and oxygen atoms in total. The van der Waals surface area contributed by atoms with Crippen LogP contribution in [0.1, 0.15) is 13.3 Å². The summed E-state index contributed by atoms with van der Waals surface area (Å²) in [5.41, 5.74) is -0.0763. The fourth-order valence-corrected chi connectivity index (χ4v) is 3.84. The minimum Gasteiger partial charge on any atom is -0.489 e. The van der Waals surface area contributed by atoms with E-state index in [2.05, 4.69) is 10.1 Å². The first kappa shape index (κ1) is 28.5. The molecule has 1 aliphatic heterocycles. The van der Waals surface area contributed by atoms with Crippen LogP contribution in [0.2, 0.25) is 5.02 Å². The van der Waals surface area contributed by atoms with Gasteiger partial charge in [-0.05, 0) is 43.3 Å². The third-order valence-electron chi connectivity index (χ3n) is 5.44. The molecule has 2 aromatic rings. The Labute approximate surface area is 215 Å². The molecule has 0 bridgehead atoms. The number of nitrogens with one attached hydrogen (secondary N) is 1. The van der Waals surface area contributed by atoms with Crippen LogP contribution in [0.4, 0.5) is 23.2 Å². The molecule has 0 aliphatic carbocycles. The minimum absolute atomic E-state index is 0.0763. The quantitative estimate of drug-likeness (QED) is 0.344. The average Bonchev–Trinajstić information content (AvgIpc) is 3.16. The Bertz CT molecular complexity index is 1090. The number of aliphatic hydroxyl groups excluding tert-OH is 1. The van der Waals surface area contributed by atoms with E-state index in [1.54, 1.807) is 24.3 Å². The van der Waals surface area contributed by atoms with E-state index in [0.29, 0.717) is 17.3 Å². The fraction of sp³-hybridized carbons (Fsp3) is 0.417. The third-order valence-corrected chi connectivity index (χ3v) is 5.69. The number of rotatable bonds is 10. The molecular formula is C24H25ClF4N2O6. The van der Waals surface area contributed by atoms with Gasteiger partial charge in [0, 0.05) is 36.6 Å². The van der Waals surface area contributed by atoms with Crippen molar-refractivity contribution in [1.29, 1.82) is 0 Å². The fourth-order valence-electron chi connectivity index (χ4n) is 3.72. The smallest absolute Gasteiger partial charge is 0.489 e. The molecule has 1 heterocycles. The summed E-state index contributed by atoms with van der Waals surface area (Å²) < 4.78 is 65.7. The van der Waals surface area contributed by atoms with Gasteiger partial charge >= 0.3 is 12.1 Å². The predicted octanol–water partition coefficient (Wildman–Crippen LogP) is 3.80. The van der Waals surface area contributed by atoms with Gasteiger partial charge in [0.05, 0.1) is 5.69 Å². The number of esters is 1. The van der Waals surface area contributed by atoms with Gasteiger partial charge in [-0.2, -0.15) is 13.2 Å². The lowest BCUT2D eigenvalue weighted by Gasteiger charge is -2.24. The normalized spacial score (nSPS) is 18.8. The van der Waals surface area contributed by atoms with E-state index >= 15 is 0 Å². The number of β-amino-alcohol motifs (C(OH)–C–C–N with tert-alkyl or cyclic N) is 1. The van der Waals surface area contributed by atoms with Gasteiger partial charge in [-0.1, -0.05) is 11.6 Å². The van der Waals surface area contributed by atoms with Gasteiger partial charge in [-0.3, -0.25) is 9.69 Å². The zero-order valence-corrected chi connectivity index (χ0v) is 20.4. The van der Waals surface area contributed by atoms with Crippen LogP contribution in [0.25, 0.3) is 0 Å². The lowest BCUT2D eigenvalue weighted by atomic mass is 10.2. The molecule has 3 rings (SSSR count). The van der Waals surface area contributed by atoms with E-state index in [4.69, 9.17) is 21.1 Å². The van der Waals surface area contributed by atoms with Crippen LogP contribution in [-0.4, -0.2) is 72.6 Å². The molecule has 1 amide bonds. The summed E-state index contributed by atoms with van der Waals surface area (Å²) in [6.07, 6.45) is -5.60. The average molecular weight is 549 g/mol. The van der Waals surface area contributed by atoms with Gasteiger partial charge in [-0.25, -0.2) is 9.18 Å². The number of hydrogen-bond acceptors (Lipinski definition) is 7. The summed E-state index contributed by atoms with van der Waals surface area (Å²) in [6, 6.07) is 10.2. The molecule has 2 unspecified atom stereocenters. The topological polar surface area (TPSA) is 97.3 Å². The number of halogens is 5. The summed E-state index contributed by atoms with van der Waals surface area (Å²) in [6.45, 7) is 1.31. The number of anilines is 1. The maximum absolute atomic E-state index is 13.7. The zero-order valence-electron chi connectivity index (χ0n) is 19.6. The lowest BCUT2D eigenvalue weighted by Crippen LogP contribution is -2.38. The molecular weight excluding hydrogens is 524 g/mol. The summed E-state index contributed by atoms with van der Waals surface area (Å²) in [7, 11) is 0. The zero-order chi connectivity index (χ0) is 27.2.